The minimum Gasteiger partial charge on any atom is -0.496 e. The molecular weight excluding hydrogens is 232 g/mol. The lowest BCUT2D eigenvalue weighted by atomic mass is 10.3. The van der Waals surface area contributed by atoms with Gasteiger partial charge in [-0.3, -0.25) is 4.98 Å². The van der Waals surface area contributed by atoms with E-state index in [1.807, 2.05) is 36.5 Å². The van der Waals surface area contributed by atoms with Crippen LogP contribution < -0.4 is 10.5 Å². The molecule has 0 saturated carbocycles. The molecule has 0 radical (unpaired) electrons. The van der Waals surface area contributed by atoms with Gasteiger partial charge >= 0.3 is 0 Å². The van der Waals surface area contributed by atoms with E-state index in [9.17, 15) is 0 Å². The van der Waals surface area contributed by atoms with E-state index < -0.39 is 0 Å². The molecule has 0 unspecified atom stereocenters. The van der Waals surface area contributed by atoms with Crippen molar-refractivity contribution in [1.29, 1.82) is 0 Å². The highest BCUT2D eigenvalue weighted by molar-refractivity contribution is 7.99. The van der Waals surface area contributed by atoms with E-state index in [2.05, 4.69) is 4.98 Å². The van der Waals surface area contributed by atoms with Crippen LogP contribution >= 0.6 is 11.8 Å². The molecule has 2 N–H and O–H groups in total. The fraction of sp³-hybridized carbons (Fsp3) is 0.154. The fourth-order valence-electron chi connectivity index (χ4n) is 1.49. The average Bonchev–Trinajstić information content (AvgIpc) is 2.40. The van der Waals surface area contributed by atoms with Crippen molar-refractivity contribution in [2.45, 2.75) is 16.3 Å². The molecular formula is C13H14N2OS. The Bertz CT molecular complexity index is 457. The summed E-state index contributed by atoms with van der Waals surface area (Å²) in [4.78, 5) is 6.26. The van der Waals surface area contributed by atoms with Crippen LogP contribution in [0.1, 0.15) is 5.56 Å². The second kappa shape index (κ2) is 5.70. The molecule has 2 rings (SSSR count). The number of rotatable bonds is 4. The van der Waals surface area contributed by atoms with Crippen LogP contribution in [0, 0.1) is 0 Å². The zero-order valence-corrected chi connectivity index (χ0v) is 10.4. The lowest BCUT2D eigenvalue weighted by molar-refractivity contribution is 0.405. The van der Waals surface area contributed by atoms with Crippen molar-refractivity contribution < 1.29 is 4.74 Å². The maximum atomic E-state index is 5.70. The topological polar surface area (TPSA) is 48.1 Å². The quantitative estimate of drug-likeness (QED) is 0.901. The second-order valence-electron chi connectivity index (χ2n) is 3.44. The van der Waals surface area contributed by atoms with E-state index in [1.165, 1.54) is 0 Å². The van der Waals surface area contributed by atoms with E-state index in [1.54, 1.807) is 25.1 Å². The number of hydrogen-bond donors (Lipinski definition) is 1. The van der Waals surface area contributed by atoms with Crippen molar-refractivity contribution in [1.82, 2.24) is 4.98 Å². The number of aromatic nitrogens is 1. The summed E-state index contributed by atoms with van der Waals surface area (Å²) in [6, 6.07) is 9.86. The van der Waals surface area contributed by atoms with E-state index in [0.29, 0.717) is 6.54 Å². The van der Waals surface area contributed by atoms with Gasteiger partial charge in [0, 0.05) is 23.8 Å². The van der Waals surface area contributed by atoms with E-state index in [0.717, 1.165) is 21.1 Å². The summed E-state index contributed by atoms with van der Waals surface area (Å²) in [5, 5.41) is 0. The largest absolute Gasteiger partial charge is 0.496 e. The van der Waals surface area contributed by atoms with Crippen molar-refractivity contribution in [2.24, 2.45) is 5.73 Å². The first-order chi connectivity index (χ1) is 8.35. The van der Waals surface area contributed by atoms with Gasteiger partial charge in [0.15, 0.2) is 0 Å². The molecule has 1 aromatic heterocycles. The summed E-state index contributed by atoms with van der Waals surface area (Å²) in [6.07, 6.45) is 3.59. The molecule has 88 valence electrons. The minimum atomic E-state index is 0.514. The number of nitrogens with zero attached hydrogens (tertiary/aromatic N) is 1. The predicted octanol–water partition coefficient (Wildman–Crippen LogP) is 2.70. The van der Waals surface area contributed by atoms with Crippen molar-refractivity contribution in [3.8, 4) is 5.75 Å². The van der Waals surface area contributed by atoms with Gasteiger partial charge in [0.25, 0.3) is 0 Å². The number of methoxy groups -OCH3 is 1. The SMILES string of the molecule is COc1ccccc1Sc1cnccc1CN. The molecule has 1 heterocycles. The summed E-state index contributed by atoms with van der Waals surface area (Å²) in [7, 11) is 1.67. The third kappa shape index (κ3) is 2.78. The van der Waals surface area contributed by atoms with E-state index in [4.69, 9.17) is 10.5 Å². The molecule has 1 aromatic carbocycles. The van der Waals surface area contributed by atoms with Gasteiger partial charge < -0.3 is 10.5 Å². The van der Waals surface area contributed by atoms with Crippen molar-refractivity contribution in [3.05, 3.63) is 48.3 Å². The first kappa shape index (κ1) is 12.0. The Morgan fingerprint density at radius 2 is 2.06 bits per heavy atom. The molecule has 0 aliphatic rings. The number of pyridine rings is 1. The van der Waals surface area contributed by atoms with Crippen molar-refractivity contribution in [3.63, 3.8) is 0 Å². The summed E-state index contributed by atoms with van der Waals surface area (Å²) >= 11 is 1.62. The number of ether oxygens (including phenoxy) is 1. The summed E-state index contributed by atoms with van der Waals surface area (Å²) in [5.41, 5.74) is 6.80. The van der Waals surface area contributed by atoms with Crippen LogP contribution in [0.2, 0.25) is 0 Å². The molecule has 0 amide bonds. The Balaban J connectivity index is 2.31. The van der Waals surface area contributed by atoms with Crippen LogP contribution in [0.15, 0.2) is 52.5 Å². The molecule has 0 fully saturated rings. The van der Waals surface area contributed by atoms with Crippen LogP contribution in [0.4, 0.5) is 0 Å². The Morgan fingerprint density at radius 1 is 1.24 bits per heavy atom. The van der Waals surface area contributed by atoms with Gasteiger partial charge in [-0.1, -0.05) is 23.9 Å². The van der Waals surface area contributed by atoms with Gasteiger partial charge in [-0.2, -0.15) is 0 Å². The standard InChI is InChI=1S/C13H14N2OS/c1-16-11-4-2-3-5-12(11)17-13-9-15-7-6-10(13)8-14/h2-7,9H,8,14H2,1H3. The third-order valence-corrected chi connectivity index (χ3v) is 3.52. The predicted molar refractivity (Wildman–Crippen MR) is 69.2 cm³/mol. The van der Waals surface area contributed by atoms with Crippen LogP contribution in [-0.4, -0.2) is 12.1 Å². The van der Waals surface area contributed by atoms with Crippen molar-refractivity contribution >= 4 is 11.8 Å². The zero-order chi connectivity index (χ0) is 12.1. The second-order valence-corrected chi connectivity index (χ2v) is 4.52. The van der Waals surface area contributed by atoms with E-state index in [-0.39, 0.29) is 0 Å². The van der Waals surface area contributed by atoms with Gasteiger partial charge in [0.2, 0.25) is 0 Å². The van der Waals surface area contributed by atoms with Crippen LogP contribution in [0.5, 0.6) is 5.75 Å². The number of para-hydroxylation sites is 1. The molecule has 17 heavy (non-hydrogen) atoms. The zero-order valence-electron chi connectivity index (χ0n) is 9.59. The van der Waals surface area contributed by atoms with Crippen LogP contribution in [0.3, 0.4) is 0 Å². The first-order valence-electron chi connectivity index (χ1n) is 5.29. The van der Waals surface area contributed by atoms with Gasteiger partial charge in [-0.25, -0.2) is 0 Å². The van der Waals surface area contributed by atoms with Gasteiger partial charge in [0.1, 0.15) is 5.75 Å². The highest BCUT2D eigenvalue weighted by Crippen LogP contribution is 2.35. The number of hydrogen-bond acceptors (Lipinski definition) is 4. The molecule has 0 aliphatic heterocycles. The molecule has 0 spiro atoms. The summed E-state index contributed by atoms with van der Waals surface area (Å²) < 4.78 is 5.32. The third-order valence-electron chi connectivity index (χ3n) is 2.38. The van der Waals surface area contributed by atoms with Gasteiger partial charge in [0.05, 0.1) is 12.0 Å². The molecule has 2 aromatic rings. The van der Waals surface area contributed by atoms with E-state index >= 15 is 0 Å². The molecule has 0 atom stereocenters. The molecule has 3 nitrogen and oxygen atoms in total. The Kier molecular flexibility index (Phi) is 4.01. The Labute approximate surface area is 105 Å². The van der Waals surface area contributed by atoms with Crippen LogP contribution in [0.25, 0.3) is 0 Å². The van der Waals surface area contributed by atoms with Gasteiger partial charge in [-0.05, 0) is 23.8 Å². The van der Waals surface area contributed by atoms with Gasteiger partial charge in [-0.15, -0.1) is 0 Å². The molecule has 0 bridgehead atoms. The summed E-state index contributed by atoms with van der Waals surface area (Å²) in [5.74, 6) is 0.865. The minimum absolute atomic E-state index is 0.514. The summed E-state index contributed by atoms with van der Waals surface area (Å²) in [6.45, 7) is 0.514. The normalized spacial score (nSPS) is 10.2. The Hall–Kier alpha value is -1.52. The molecule has 4 heteroatoms. The maximum absolute atomic E-state index is 5.70. The lowest BCUT2D eigenvalue weighted by Crippen LogP contribution is -1.98. The fourth-order valence-corrected chi connectivity index (χ4v) is 2.52. The van der Waals surface area contributed by atoms with Crippen LogP contribution in [-0.2, 0) is 6.54 Å². The lowest BCUT2D eigenvalue weighted by Gasteiger charge is -2.09. The number of nitrogens with two attached hydrogens (primary N) is 1. The monoisotopic (exact) mass is 246 g/mol. The number of benzene rings is 1. The van der Waals surface area contributed by atoms with Crippen molar-refractivity contribution in [2.75, 3.05) is 7.11 Å². The smallest absolute Gasteiger partial charge is 0.132 e. The maximum Gasteiger partial charge on any atom is 0.132 e. The highest BCUT2D eigenvalue weighted by atomic mass is 32.2. The molecule has 0 saturated heterocycles. The highest BCUT2D eigenvalue weighted by Gasteiger charge is 2.07. The molecule has 0 aliphatic carbocycles. The average molecular weight is 246 g/mol. The Morgan fingerprint density at radius 3 is 2.82 bits per heavy atom. The first-order valence-corrected chi connectivity index (χ1v) is 6.10.